The number of likely N-dealkylation sites (tertiary alicyclic amines) is 1. The molecule has 154 valence electrons. The van der Waals surface area contributed by atoms with Gasteiger partial charge in [0.15, 0.2) is 17.3 Å². The number of carbonyl (C=O) groups excluding carboxylic acids is 2. The van der Waals surface area contributed by atoms with E-state index in [1.54, 1.807) is 42.4 Å². The first-order chi connectivity index (χ1) is 14.0. The lowest BCUT2D eigenvalue weighted by Gasteiger charge is -2.32. The number of carbonyl (C=O) groups is 2. The van der Waals surface area contributed by atoms with Crippen LogP contribution in [0.15, 0.2) is 47.6 Å². The Morgan fingerprint density at radius 2 is 2.03 bits per heavy atom. The molecule has 1 aromatic carbocycles. The Morgan fingerprint density at radius 3 is 2.66 bits per heavy atom. The first kappa shape index (κ1) is 20.5. The number of aryl methyl sites for hydroxylation is 1. The average Bonchev–Trinajstić information content (AvgIpc) is 3.18. The summed E-state index contributed by atoms with van der Waals surface area (Å²) < 4.78 is 16.1. The normalized spacial score (nSPS) is 14.3. The minimum absolute atomic E-state index is 0.0141. The quantitative estimate of drug-likeness (QED) is 0.725. The van der Waals surface area contributed by atoms with Crippen molar-refractivity contribution in [2.45, 2.75) is 25.8 Å². The van der Waals surface area contributed by atoms with Crippen LogP contribution >= 0.6 is 0 Å². The van der Waals surface area contributed by atoms with E-state index in [2.05, 4.69) is 11.9 Å². The van der Waals surface area contributed by atoms with Gasteiger partial charge in [0.2, 0.25) is 0 Å². The van der Waals surface area contributed by atoms with Crippen molar-refractivity contribution in [3.63, 3.8) is 0 Å². The summed E-state index contributed by atoms with van der Waals surface area (Å²) >= 11 is 0. The summed E-state index contributed by atoms with van der Waals surface area (Å²) in [5, 5.41) is 2.99. The minimum atomic E-state index is -0.211. The van der Waals surface area contributed by atoms with Gasteiger partial charge in [0.05, 0.1) is 13.4 Å². The fourth-order valence-corrected chi connectivity index (χ4v) is 3.33. The number of nitrogens with one attached hydrogen (secondary N) is 1. The highest BCUT2D eigenvalue weighted by Gasteiger charge is 2.26. The van der Waals surface area contributed by atoms with Gasteiger partial charge >= 0.3 is 0 Å². The van der Waals surface area contributed by atoms with Crippen molar-refractivity contribution in [3.8, 4) is 11.5 Å². The van der Waals surface area contributed by atoms with E-state index in [-0.39, 0.29) is 17.9 Å². The fourth-order valence-electron chi connectivity index (χ4n) is 3.33. The van der Waals surface area contributed by atoms with Crippen LogP contribution in [-0.2, 0) is 0 Å². The van der Waals surface area contributed by atoms with Crippen LogP contribution in [-0.4, -0.2) is 49.6 Å². The van der Waals surface area contributed by atoms with Crippen LogP contribution < -0.4 is 14.8 Å². The molecule has 0 unspecified atom stereocenters. The lowest BCUT2D eigenvalue weighted by atomic mass is 10.0. The second-order valence-corrected chi connectivity index (χ2v) is 6.94. The zero-order valence-corrected chi connectivity index (χ0v) is 16.8. The van der Waals surface area contributed by atoms with Crippen molar-refractivity contribution in [1.29, 1.82) is 0 Å². The maximum absolute atomic E-state index is 12.9. The van der Waals surface area contributed by atoms with Gasteiger partial charge in [0.25, 0.3) is 11.8 Å². The number of methoxy groups -OCH3 is 1. The van der Waals surface area contributed by atoms with Gasteiger partial charge in [-0.05, 0) is 44.0 Å². The first-order valence-electron chi connectivity index (χ1n) is 9.59. The fraction of sp³-hybridized carbons (Fsp3) is 0.364. The standard InChI is InChI=1S/C22H26N2O5/c1-4-12-28-18-6-5-16(14-19(18)27-3)22(26)24-10-7-17(8-11-24)23-21(25)20-15(2)9-13-29-20/h4-6,9,13-14,17H,1,7-8,10-12H2,2-3H3,(H,23,25). The molecule has 0 spiro atoms. The van der Waals surface area contributed by atoms with E-state index in [1.807, 2.05) is 6.92 Å². The molecule has 0 radical (unpaired) electrons. The van der Waals surface area contributed by atoms with Gasteiger partial charge in [-0.15, -0.1) is 0 Å². The third-order valence-corrected chi connectivity index (χ3v) is 4.95. The Kier molecular flexibility index (Phi) is 6.59. The Balaban J connectivity index is 1.57. The van der Waals surface area contributed by atoms with Gasteiger partial charge in [0, 0.05) is 30.3 Å². The van der Waals surface area contributed by atoms with Crippen LogP contribution in [0.1, 0.15) is 39.3 Å². The number of hydrogen-bond acceptors (Lipinski definition) is 5. The number of rotatable bonds is 7. The van der Waals surface area contributed by atoms with E-state index in [0.29, 0.717) is 55.4 Å². The van der Waals surface area contributed by atoms with E-state index in [0.717, 1.165) is 5.56 Å². The third-order valence-electron chi connectivity index (χ3n) is 4.95. The van der Waals surface area contributed by atoms with E-state index in [9.17, 15) is 9.59 Å². The highest BCUT2D eigenvalue weighted by molar-refractivity contribution is 5.95. The van der Waals surface area contributed by atoms with Crippen molar-refractivity contribution >= 4 is 11.8 Å². The van der Waals surface area contributed by atoms with Gasteiger partial charge in [-0.1, -0.05) is 12.7 Å². The molecular formula is C22H26N2O5. The van der Waals surface area contributed by atoms with E-state index in [4.69, 9.17) is 13.9 Å². The molecule has 1 N–H and O–H groups in total. The first-order valence-corrected chi connectivity index (χ1v) is 9.59. The van der Waals surface area contributed by atoms with Gasteiger partial charge in [-0.3, -0.25) is 9.59 Å². The van der Waals surface area contributed by atoms with Crippen molar-refractivity contribution in [3.05, 3.63) is 60.1 Å². The van der Waals surface area contributed by atoms with Gasteiger partial charge < -0.3 is 24.1 Å². The number of hydrogen-bond donors (Lipinski definition) is 1. The zero-order valence-electron chi connectivity index (χ0n) is 16.8. The zero-order chi connectivity index (χ0) is 20.8. The molecular weight excluding hydrogens is 372 g/mol. The third kappa shape index (κ3) is 4.80. The SMILES string of the molecule is C=CCOc1ccc(C(=O)N2CCC(NC(=O)c3occc3C)CC2)cc1OC. The van der Waals surface area contributed by atoms with Gasteiger partial charge in [-0.2, -0.15) is 0 Å². The molecule has 1 aliphatic heterocycles. The number of nitrogens with zero attached hydrogens (tertiary/aromatic N) is 1. The van der Waals surface area contributed by atoms with Crippen molar-refractivity contribution in [2.24, 2.45) is 0 Å². The number of amides is 2. The molecule has 1 aliphatic rings. The Bertz CT molecular complexity index is 881. The predicted octanol–water partition coefficient (Wildman–Crippen LogP) is 3.20. The van der Waals surface area contributed by atoms with Crippen LogP contribution in [0.25, 0.3) is 0 Å². The Morgan fingerprint density at radius 1 is 1.28 bits per heavy atom. The topological polar surface area (TPSA) is 81.0 Å². The number of benzene rings is 1. The molecule has 7 heteroatoms. The molecule has 0 atom stereocenters. The molecule has 2 aromatic rings. The molecule has 1 aromatic heterocycles. The summed E-state index contributed by atoms with van der Waals surface area (Å²) in [6, 6.07) is 6.93. The molecule has 1 fully saturated rings. The monoisotopic (exact) mass is 398 g/mol. The van der Waals surface area contributed by atoms with Crippen LogP contribution in [0.4, 0.5) is 0 Å². The number of piperidine rings is 1. The van der Waals surface area contributed by atoms with Crippen molar-refractivity contribution in [1.82, 2.24) is 10.2 Å². The smallest absolute Gasteiger partial charge is 0.287 e. The summed E-state index contributed by atoms with van der Waals surface area (Å²) in [6.07, 6.45) is 4.53. The lowest BCUT2D eigenvalue weighted by molar-refractivity contribution is 0.0695. The molecule has 1 saturated heterocycles. The van der Waals surface area contributed by atoms with Crippen LogP contribution in [0.5, 0.6) is 11.5 Å². The van der Waals surface area contributed by atoms with Crippen LogP contribution in [0.2, 0.25) is 0 Å². The molecule has 3 rings (SSSR count). The highest BCUT2D eigenvalue weighted by atomic mass is 16.5. The van der Waals surface area contributed by atoms with Crippen LogP contribution in [0.3, 0.4) is 0 Å². The summed E-state index contributed by atoms with van der Waals surface area (Å²) in [5.41, 5.74) is 1.35. The summed E-state index contributed by atoms with van der Waals surface area (Å²) in [4.78, 5) is 26.9. The van der Waals surface area contributed by atoms with E-state index in [1.165, 1.54) is 6.26 Å². The largest absolute Gasteiger partial charge is 0.493 e. The predicted molar refractivity (Wildman–Crippen MR) is 109 cm³/mol. The Hall–Kier alpha value is -3.22. The van der Waals surface area contributed by atoms with Crippen molar-refractivity contribution in [2.75, 3.05) is 26.8 Å². The maximum Gasteiger partial charge on any atom is 0.287 e. The van der Waals surface area contributed by atoms with Crippen molar-refractivity contribution < 1.29 is 23.5 Å². The molecule has 0 aliphatic carbocycles. The van der Waals surface area contributed by atoms with Gasteiger partial charge in [-0.25, -0.2) is 0 Å². The van der Waals surface area contributed by atoms with E-state index < -0.39 is 0 Å². The summed E-state index contributed by atoms with van der Waals surface area (Å²) in [6.45, 7) is 6.95. The Labute approximate surface area is 170 Å². The van der Waals surface area contributed by atoms with E-state index >= 15 is 0 Å². The highest BCUT2D eigenvalue weighted by Crippen LogP contribution is 2.29. The summed E-state index contributed by atoms with van der Waals surface area (Å²) in [7, 11) is 1.54. The number of furan rings is 1. The van der Waals surface area contributed by atoms with Gasteiger partial charge in [0.1, 0.15) is 6.61 Å². The van der Waals surface area contributed by atoms with Crippen LogP contribution in [0, 0.1) is 6.92 Å². The average molecular weight is 398 g/mol. The second-order valence-electron chi connectivity index (χ2n) is 6.94. The minimum Gasteiger partial charge on any atom is -0.493 e. The molecule has 0 bridgehead atoms. The molecule has 2 heterocycles. The molecule has 7 nitrogen and oxygen atoms in total. The second kappa shape index (κ2) is 9.32. The number of ether oxygens (including phenoxy) is 2. The molecule has 29 heavy (non-hydrogen) atoms. The summed E-state index contributed by atoms with van der Waals surface area (Å²) in [5.74, 6) is 1.14. The molecule has 0 saturated carbocycles. The lowest BCUT2D eigenvalue weighted by Crippen LogP contribution is -2.46. The maximum atomic E-state index is 12.9. The molecule has 2 amide bonds.